The molecule has 0 aromatic carbocycles. The van der Waals surface area contributed by atoms with E-state index in [1.165, 1.54) is 18.0 Å². The van der Waals surface area contributed by atoms with Gasteiger partial charge >= 0.3 is 0 Å². The summed E-state index contributed by atoms with van der Waals surface area (Å²) in [6.07, 6.45) is -2.89. The number of hydrogen-bond acceptors (Lipinski definition) is 6. The monoisotopic (exact) mass is 338 g/mol. The highest BCUT2D eigenvalue weighted by Gasteiger charge is 2.28. The van der Waals surface area contributed by atoms with Crippen LogP contribution in [-0.4, -0.2) is 61.8 Å². The van der Waals surface area contributed by atoms with Gasteiger partial charge in [-0.15, -0.1) is 0 Å². The minimum Gasteiger partial charge on any atom is -0.394 e. The number of aliphatic hydroxyl groups excluding tert-OH is 2. The molecule has 2 aromatic heterocycles. The van der Waals surface area contributed by atoms with Crippen LogP contribution in [0.2, 0.25) is 10.4 Å². The Bertz CT molecular complexity index is 623. The lowest BCUT2D eigenvalue weighted by Gasteiger charge is -2.22. The van der Waals surface area contributed by atoms with E-state index in [4.69, 9.17) is 33.0 Å². The normalized spacial score (nSPS) is 16.1. The summed E-state index contributed by atoms with van der Waals surface area (Å²) >= 11 is 11.6. The van der Waals surface area contributed by atoms with Crippen LogP contribution in [0.25, 0.3) is 11.2 Å². The molecule has 2 rings (SSSR count). The van der Waals surface area contributed by atoms with E-state index in [9.17, 15) is 9.50 Å². The summed E-state index contributed by atoms with van der Waals surface area (Å²) in [5.41, 5.74) is 0.543. The van der Waals surface area contributed by atoms with Gasteiger partial charge < -0.3 is 19.5 Å². The maximum atomic E-state index is 14.1. The lowest BCUT2D eigenvalue weighted by Crippen LogP contribution is -2.40. The van der Waals surface area contributed by atoms with Crippen LogP contribution < -0.4 is 0 Å². The maximum Gasteiger partial charge on any atom is 0.225 e. The number of hydrogen-bond donors (Lipinski definition) is 2. The fourth-order valence-electron chi connectivity index (χ4n) is 1.87. The Morgan fingerprint density at radius 3 is 2.76 bits per heavy atom. The van der Waals surface area contributed by atoms with Gasteiger partial charge in [-0.2, -0.15) is 4.98 Å². The standard InChI is InChI=1S/C11H13Cl2FN4O3/c1-21-6(3-19)8(20)5(14)2-18-4-15-7-9(12)16-11(13)17-10(7)18/h4-6,8,19-20H,2-3H2,1H3/t5-,6?,8?/m0/s1. The van der Waals surface area contributed by atoms with E-state index in [2.05, 4.69) is 15.0 Å². The minimum absolute atomic E-state index is 0.0600. The topological polar surface area (TPSA) is 93.3 Å². The Hall–Kier alpha value is -1.06. The van der Waals surface area contributed by atoms with Crippen LogP contribution in [-0.2, 0) is 11.3 Å². The van der Waals surface area contributed by atoms with Crippen LogP contribution in [0.5, 0.6) is 0 Å². The summed E-state index contributed by atoms with van der Waals surface area (Å²) < 4.78 is 20.3. The van der Waals surface area contributed by atoms with Crippen molar-refractivity contribution in [2.24, 2.45) is 0 Å². The smallest absolute Gasteiger partial charge is 0.225 e. The highest BCUT2D eigenvalue weighted by Crippen LogP contribution is 2.21. The molecule has 2 aromatic rings. The quantitative estimate of drug-likeness (QED) is 0.598. The number of imidazole rings is 1. The predicted octanol–water partition coefficient (Wildman–Crippen LogP) is 0.839. The predicted molar refractivity (Wildman–Crippen MR) is 74.1 cm³/mol. The molecule has 2 unspecified atom stereocenters. The summed E-state index contributed by atoms with van der Waals surface area (Å²) in [6, 6.07) is 0. The van der Waals surface area contributed by atoms with Gasteiger partial charge in [-0.3, -0.25) is 0 Å². The molecule has 10 heteroatoms. The Morgan fingerprint density at radius 1 is 1.43 bits per heavy atom. The van der Waals surface area contributed by atoms with Crippen LogP contribution in [0, 0.1) is 0 Å². The Balaban J connectivity index is 2.23. The van der Waals surface area contributed by atoms with E-state index in [1.54, 1.807) is 0 Å². The van der Waals surface area contributed by atoms with Crippen LogP contribution in [0.3, 0.4) is 0 Å². The van der Waals surface area contributed by atoms with E-state index >= 15 is 0 Å². The number of methoxy groups -OCH3 is 1. The molecule has 0 aliphatic heterocycles. The third-order valence-electron chi connectivity index (χ3n) is 3.00. The Labute approximate surface area is 129 Å². The van der Waals surface area contributed by atoms with Crippen molar-refractivity contribution >= 4 is 34.4 Å². The number of nitrogens with zero attached hydrogens (tertiary/aromatic N) is 4. The molecule has 116 valence electrons. The molecule has 0 fully saturated rings. The number of aliphatic hydroxyl groups is 2. The number of alkyl halides is 1. The average Bonchev–Trinajstić information content (AvgIpc) is 2.83. The third-order valence-corrected chi connectivity index (χ3v) is 3.43. The first-order chi connectivity index (χ1) is 9.97. The van der Waals surface area contributed by atoms with Crippen molar-refractivity contribution in [2.75, 3.05) is 13.7 Å². The molecule has 3 atom stereocenters. The second-order valence-corrected chi connectivity index (χ2v) is 5.01. The van der Waals surface area contributed by atoms with Gasteiger partial charge in [0.05, 0.1) is 19.5 Å². The molecule has 0 saturated heterocycles. The van der Waals surface area contributed by atoms with Crippen molar-refractivity contribution < 1.29 is 19.3 Å². The first-order valence-corrected chi connectivity index (χ1v) is 6.73. The Kier molecular flexibility index (Phi) is 5.28. The van der Waals surface area contributed by atoms with Crippen molar-refractivity contribution in [3.63, 3.8) is 0 Å². The second kappa shape index (κ2) is 6.80. The summed E-state index contributed by atoms with van der Waals surface area (Å²) in [5, 5.41) is 18.7. The van der Waals surface area contributed by atoms with E-state index in [0.29, 0.717) is 0 Å². The van der Waals surface area contributed by atoms with Gasteiger partial charge in [-0.1, -0.05) is 11.6 Å². The number of fused-ring (bicyclic) bond motifs is 1. The summed E-state index contributed by atoms with van der Waals surface area (Å²) in [5.74, 6) is 0. The minimum atomic E-state index is -1.70. The molecule has 2 heterocycles. The number of halogens is 3. The molecule has 0 saturated carbocycles. The van der Waals surface area contributed by atoms with Gasteiger partial charge in [-0.25, -0.2) is 14.4 Å². The molecule has 0 radical (unpaired) electrons. The van der Waals surface area contributed by atoms with Crippen molar-refractivity contribution in [2.45, 2.75) is 24.9 Å². The molecular weight excluding hydrogens is 326 g/mol. The van der Waals surface area contributed by atoms with Crippen molar-refractivity contribution in [1.82, 2.24) is 19.5 Å². The van der Waals surface area contributed by atoms with Crippen molar-refractivity contribution in [3.8, 4) is 0 Å². The molecule has 0 amide bonds. The first-order valence-electron chi connectivity index (χ1n) is 5.97. The van der Waals surface area contributed by atoms with Crippen molar-refractivity contribution in [1.29, 1.82) is 0 Å². The summed E-state index contributed by atoms with van der Waals surface area (Å²) in [4.78, 5) is 11.6. The van der Waals surface area contributed by atoms with Crippen LogP contribution in [0.1, 0.15) is 0 Å². The SMILES string of the molecule is COC(CO)C(O)[C@@H](F)Cn1cnc2c(Cl)nc(Cl)nc21. The number of ether oxygens (including phenoxy) is 1. The zero-order valence-electron chi connectivity index (χ0n) is 10.9. The largest absolute Gasteiger partial charge is 0.394 e. The van der Waals surface area contributed by atoms with Gasteiger partial charge in [0.2, 0.25) is 5.28 Å². The number of aromatic nitrogens is 4. The van der Waals surface area contributed by atoms with E-state index in [0.717, 1.165) is 0 Å². The molecule has 21 heavy (non-hydrogen) atoms. The van der Waals surface area contributed by atoms with Crippen LogP contribution in [0.15, 0.2) is 6.33 Å². The second-order valence-electron chi connectivity index (χ2n) is 4.32. The lowest BCUT2D eigenvalue weighted by molar-refractivity contribution is -0.0748. The highest BCUT2D eigenvalue weighted by atomic mass is 35.5. The zero-order chi connectivity index (χ0) is 15.6. The summed E-state index contributed by atoms with van der Waals surface area (Å²) in [7, 11) is 1.27. The molecule has 0 bridgehead atoms. The Morgan fingerprint density at radius 2 is 2.14 bits per heavy atom. The zero-order valence-corrected chi connectivity index (χ0v) is 12.5. The maximum absolute atomic E-state index is 14.1. The van der Waals surface area contributed by atoms with Gasteiger partial charge in [0.1, 0.15) is 23.9 Å². The van der Waals surface area contributed by atoms with Crippen molar-refractivity contribution in [3.05, 3.63) is 16.8 Å². The molecule has 0 aliphatic carbocycles. The fraction of sp³-hybridized carbons (Fsp3) is 0.545. The van der Waals surface area contributed by atoms with E-state index < -0.39 is 25.0 Å². The highest BCUT2D eigenvalue weighted by molar-refractivity contribution is 6.35. The molecule has 0 spiro atoms. The lowest BCUT2D eigenvalue weighted by atomic mass is 10.1. The molecular formula is C11H13Cl2FN4O3. The van der Waals surface area contributed by atoms with Crippen LogP contribution >= 0.6 is 23.2 Å². The average molecular weight is 339 g/mol. The van der Waals surface area contributed by atoms with Gasteiger partial charge in [-0.05, 0) is 11.6 Å². The first kappa shape index (κ1) is 16.3. The molecule has 7 nitrogen and oxygen atoms in total. The van der Waals surface area contributed by atoms with Crippen LogP contribution in [0.4, 0.5) is 4.39 Å². The molecule has 2 N–H and O–H groups in total. The van der Waals surface area contributed by atoms with Gasteiger partial charge in [0, 0.05) is 7.11 Å². The molecule has 0 aliphatic rings. The van der Waals surface area contributed by atoms with E-state index in [-0.39, 0.29) is 28.1 Å². The third kappa shape index (κ3) is 3.41. The number of rotatable bonds is 6. The fourth-order valence-corrected chi connectivity index (χ4v) is 2.29. The van der Waals surface area contributed by atoms with Gasteiger partial charge in [0.25, 0.3) is 0 Å². The van der Waals surface area contributed by atoms with Gasteiger partial charge in [0.15, 0.2) is 10.8 Å². The van der Waals surface area contributed by atoms with E-state index in [1.807, 2.05) is 0 Å². The summed E-state index contributed by atoms with van der Waals surface area (Å²) in [6.45, 7) is -0.746.